The molecular weight excluding hydrogens is 294 g/mol. The molecule has 0 unspecified atom stereocenters. The molecule has 1 fully saturated rings. The van der Waals surface area contributed by atoms with E-state index in [9.17, 15) is 4.79 Å². The average Bonchev–Trinajstić information content (AvgIpc) is 2.96. The molecule has 1 aromatic heterocycles. The molecule has 1 heterocycles. The lowest BCUT2D eigenvalue weighted by atomic mass is 9.75. The number of hydrogen-bond acceptors (Lipinski definition) is 5. The fourth-order valence-corrected chi connectivity index (χ4v) is 2.84. The normalized spacial score (nSPS) is 23.3. The summed E-state index contributed by atoms with van der Waals surface area (Å²) in [4.78, 5) is 12.2. The number of H-pyrrole nitrogens is 1. The predicted octanol–water partition coefficient (Wildman–Crippen LogP) is 2.80. The van der Waals surface area contributed by atoms with Crippen LogP contribution >= 0.6 is 0 Å². The largest absolute Gasteiger partial charge is 0.454 e. The van der Waals surface area contributed by atoms with Crippen LogP contribution in [0.2, 0.25) is 0 Å². The van der Waals surface area contributed by atoms with E-state index >= 15 is 0 Å². The summed E-state index contributed by atoms with van der Waals surface area (Å²) in [6, 6.07) is 10.1. The molecule has 1 aromatic carbocycles. The Morgan fingerprint density at radius 3 is 2.65 bits per heavy atom. The highest BCUT2D eigenvalue weighted by Crippen LogP contribution is 2.41. The van der Waals surface area contributed by atoms with Crippen LogP contribution in [0.1, 0.15) is 47.9 Å². The van der Waals surface area contributed by atoms with Gasteiger partial charge in [0.25, 0.3) is 0 Å². The van der Waals surface area contributed by atoms with Gasteiger partial charge in [-0.2, -0.15) is 10.3 Å². The minimum Gasteiger partial charge on any atom is -0.454 e. The van der Waals surface area contributed by atoms with Crippen molar-refractivity contribution in [1.82, 2.24) is 15.4 Å². The van der Waals surface area contributed by atoms with E-state index in [4.69, 9.17) is 9.47 Å². The van der Waals surface area contributed by atoms with E-state index in [2.05, 4.69) is 15.4 Å². The summed E-state index contributed by atoms with van der Waals surface area (Å²) in [6.45, 7) is 4.34. The highest BCUT2D eigenvalue weighted by molar-refractivity contribution is 5.88. The Bertz CT molecular complexity index is 663. The second kappa shape index (κ2) is 6.50. The molecule has 23 heavy (non-hydrogen) atoms. The van der Waals surface area contributed by atoms with Crippen LogP contribution in [0.3, 0.4) is 0 Å². The average molecular weight is 315 g/mol. The summed E-state index contributed by atoms with van der Waals surface area (Å²) in [7, 11) is 0. The van der Waals surface area contributed by atoms with Crippen LogP contribution in [0, 0.1) is 6.92 Å². The first-order valence-electron chi connectivity index (χ1n) is 7.88. The molecule has 6 nitrogen and oxygen atoms in total. The van der Waals surface area contributed by atoms with Crippen LogP contribution in [0.25, 0.3) is 0 Å². The molecule has 2 aromatic rings. The molecule has 1 saturated carbocycles. The predicted molar refractivity (Wildman–Crippen MR) is 83.8 cm³/mol. The van der Waals surface area contributed by atoms with Gasteiger partial charge in [0, 0.05) is 12.8 Å². The molecule has 1 aliphatic rings. The van der Waals surface area contributed by atoms with Gasteiger partial charge in [-0.15, -0.1) is 5.10 Å². The molecule has 0 radical (unpaired) electrons. The number of ether oxygens (including phenoxy) is 2. The topological polar surface area (TPSA) is 77.1 Å². The summed E-state index contributed by atoms with van der Waals surface area (Å²) in [5, 5.41) is 10.1. The first-order valence-corrected chi connectivity index (χ1v) is 7.88. The van der Waals surface area contributed by atoms with Crippen molar-refractivity contribution in [2.24, 2.45) is 0 Å². The van der Waals surface area contributed by atoms with Crippen molar-refractivity contribution in [3.63, 3.8) is 0 Å². The fourth-order valence-electron chi connectivity index (χ4n) is 2.84. The van der Waals surface area contributed by atoms with Crippen LogP contribution < -0.4 is 0 Å². The van der Waals surface area contributed by atoms with Crippen molar-refractivity contribution in [3.05, 3.63) is 47.3 Å². The van der Waals surface area contributed by atoms with Crippen LogP contribution in [0.5, 0.6) is 0 Å². The van der Waals surface area contributed by atoms with Gasteiger partial charge in [0.2, 0.25) is 0 Å². The van der Waals surface area contributed by atoms with E-state index in [1.54, 1.807) is 6.92 Å². The maximum Gasteiger partial charge on any atom is 0.361 e. The third kappa shape index (κ3) is 3.42. The zero-order valence-corrected chi connectivity index (χ0v) is 13.4. The Balaban J connectivity index is 1.52. The van der Waals surface area contributed by atoms with Gasteiger partial charge in [-0.25, -0.2) is 4.79 Å². The van der Waals surface area contributed by atoms with Crippen molar-refractivity contribution < 1.29 is 14.3 Å². The quantitative estimate of drug-likeness (QED) is 0.829. The van der Waals surface area contributed by atoms with E-state index in [0.29, 0.717) is 12.3 Å². The van der Waals surface area contributed by atoms with Crippen LogP contribution in [0.4, 0.5) is 0 Å². The summed E-state index contributed by atoms with van der Waals surface area (Å²) >= 11 is 0. The lowest BCUT2D eigenvalue weighted by Crippen LogP contribution is -2.51. The molecule has 0 amide bonds. The number of aromatic amines is 1. The van der Waals surface area contributed by atoms with Crippen LogP contribution in [-0.4, -0.2) is 33.1 Å². The van der Waals surface area contributed by atoms with Gasteiger partial charge in [0.1, 0.15) is 5.60 Å². The van der Waals surface area contributed by atoms with E-state index in [1.807, 2.05) is 37.3 Å². The minimum absolute atomic E-state index is 0.126. The number of nitrogens with one attached hydrogen (secondary N) is 1. The Hall–Kier alpha value is -2.21. The first-order chi connectivity index (χ1) is 11.1. The lowest BCUT2D eigenvalue weighted by molar-refractivity contribution is -0.150. The second-order valence-electron chi connectivity index (χ2n) is 6.01. The van der Waals surface area contributed by atoms with Gasteiger partial charge in [-0.05, 0) is 18.9 Å². The summed E-state index contributed by atoms with van der Waals surface area (Å²) in [5.74, 6) is -0.417. The Labute approximate surface area is 135 Å². The van der Waals surface area contributed by atoms with Crippen LogP contribution in [-0.2, 0) is 16.1 Å². The van der Waals surface area contributed by atoms with Crippen molar-refractivity contribution in [2.45, 2.75) is 51.4 Å². The van der Waals surface area contributed by atoms with E-state index in [-0.39, 0.29) is 11.8 Å². The number of rotatable bonds is 6. The number of carbonyl (C=O) groups is 1. The monoisotopic (exact) mass is 315 g/mol. The Kier molecular flexibility index (Phi) is 4.43. The second-order valence-corrected chi connectivity index (χ2v) is 6.01. The first kappa shape index (κ1) is 15.7. The molecular formula is C17H21N3O3. The third-order valence-electron chi connectivity index (χ3n) is 4.40. The van der Waals surface area contributed by atoms with Crippen molar-refractivity contribution in [3.8, 4) is 0 Å². The van der Waals surface area contributed by atoms with Gasteiger partial charge < -0.3 is 9.47 Å². The number of esters is 1. The zero-order chi connectivity index (χ0) is 16.3. The summed E-state index contributed by atoms with van der Waals surface area (Å²) in [5.41, 5.74) is 1.52. The molecule has 0 aliphatic heterocycles. The van der Waals surface area contributed by atoms with Crippen molar-refractivity contribution in [2.75, 3.05) is 0 Å². The molecule has 6 heteroatoms. The van der Waals surface area contributed by atoms with Gasteiger partial charge in [0.05, 0.1) is 18.4 Å². The molecule has 0 saturated heterocycles. The maximum atomic E-state index is 12.2. The molecule has 3 rings (SSSR count). The van der Waals surface area contributed by atoms with E-state index in [1.165, 1.54) is 0 Å². The lowest BCUT2D eigenvalue weighted by Gasteiger charge is -2.45. The SMILES string of the molecule is CCC1(OC(=O)c2n[nH]nc2C)CC(OCc2ccccc2)C1. The molecule has 1 aliphatic carbocycles. The van der Waals surface area contributed by atoms with Gasteiger partial charge in [-0.3, -0.25) is 0 Å². The summed E-state index contributed by atoms with van der Waals surface area (Å²) < 4.78 is 11.6. The zero-order valence-electron chi connectivity index (χ0n) is 13.4. The highest BCUT2D eigenvalue weighted by Gasteiger charge is 2.47. The van der Waals surface area contributed by atoms with Crippen molar-refractivity contribution in [1.29, 1.82) is 0 Å². The van der Waals surface area contributed by atoms with E-state index in [0.717, 1.165) is 24.8 Å². The highest BCUT2D eigenvalue weighted by atomic mass is 16.6. The minimum atomic E-state index is -0.441. The molecule has 0 bridgehead atoms. The van der Waals surface area contributed by atoms with Gasteiger partial charge in [-0.1, -0.05) is 37.3 Å². The number of benzene rings is 1. The summed E-state index contributed by atoms with van der Waals surface area (Å²) in [6.07, 6.45) is 2.33. The maximum absolute atomic E-state index is 12.2. The smallest absolute Gasteiger partial charge is 0.361 e. The standard InChI is InChI=1S/C17H21N3O3/c1-3-17(23-16(21)15-12(2)18-20-19-15)9-14(10-17)22-11-13-7-5-4-6-8-13/h4-8,14H,3,9-11H2,1-2H3,(H,18,19,20). The Morgan fingerprint density at radius 2 is 2.04 bits per heavy atom. The van der Waals surface area contributed by atoms with Crippen molar-refractivity contribution >= 4 is 5.97 Å². The number of aromatic nitrogens is 3. The number of carbonyl (C=O) groups excluding carboxylic acids is 1. The number of aryl methyl sites for hydroxylation is 1. The third-order valence-corrected chi connectivity index (χ3v) is 4.40. The Morgan fingerprint density at radius 1 is 1.30 bits per heavy atom. The molecule has 0 spiro atoms. The van der Waals surface area contributed by atoms with Gasteiger partial charge >= 0.3 is 5.97 Å². The number of nitrogens with zero attached hydrogens (tertiary/aromatic N) is 2. The molecule has 0 atom stereocenters. The van der Waals surface area contributed by atoms with Gasteiger partial charge in [0.15, 0.2) is 5.69 Å². The van der Waals surface area contributed by atoms with Crippen LogP contribution in [0.15, 0.2) is 30.3 Å². The number of hydrogen-bond donors (Lipinski definition) is 1. The molecule has 122 valence electrons. The molecule has 1 N–H and O–H groups in total. The fraction of sp³-hybridized carbons (Fsp3) is 0.471. The van der Waals surface area contributed by atoms with E-state index < -0.39 is 11.6 Å².